The molecule has 0 fully saturated rings. The summed E-state index contributed by atoms with van der Waals surface area (Å²) in [5, 5.41) is 0. The van der Waals surface area contributed by atoms with Crippen LogP contribution in [-0.4, -0.2) is 15.7 Å². The highest BCUT2D eigenvalue weighted by molar-refractivity contribution is 6.06. The third-order valence-corrected chi connectivity index (χ3v) is 4.02. The van der Waals surface area contributed by atoms with Gasteiger partial charge >= 0.3 is 0 Å². The van der Waals surface area contributed by atoms with E-state index in [-0.39, 0.29) is 0 Å². The van der Waals surface area contributed by atoms with Gasteiger partial charge in [0.2, 0.25) is 0 Å². The maximum Gasteiger partial charge on any atom is 0.130 e. The number of nitrogens with zero attached hydrogens (tertiary/aromatic N) is 3. The first-order chi connectivity index (χ1) is 11.8. The van der Waals surface area contributed by atoms with Crippen LogP contribution in [-0.2, 0) is 13.0 Å². The highest BCUT2D eigenvalue weighted by Crippen LogP contribution is 2.32. The van der Waals surface area contributed by atoms with E-state index in [2.05, 4.69) is 16.0 Å². The number of rotatable bonds is 4. The highest BCUT2D eigenvalue weighted by Gasteiger charge is 2.16. The van der Waals surface area contributed by atoms with E-state index in [9.17, 15) is 0 Å². The maximum absolute atomic E-state index is 5.85. The summed E-state index contributed by atoms with van der Waals surface area (Å²) in [6.07, 6.45) is 6.31. The van der Waals surface area contributed by atoms with Crippen LogP contribution in [0, 0.1) is 6.92 Å². The first kappa shape index (κ1) is 14.6. The van der Waals surface area contributed by atoms with Crippen LogP contribution in [0.1, 0.15) is 22.4 Å². The Hall–Kier alpha value is -3.01. The number of fused-ring (bicyclic) bond motifs is 1. The number of benzene rings is 1. The summed E-state index contributed by atoms with van der Waals surface area (Å²) in [6, 6.07) is 14.1. The molecular formula is C20H17N3O. The molecule has 0 atom stereocenters. The summed E-state index contributed by atoms with van der Waals surface area (Å²) in [6.45, 7) is 2.48. The van der Waals surface area contributed by atoms with Gasteiger partial charge in [-0.15, -0.1) is 0 Å². The average molecular weight is 315 g/mol. The molecule has 1 aliphatic rings. The molecule has 4 rings (SSSR count). The van der Waals surface area contributed by atoms with Crippen molar-refractivity contribution < 1.29 is 4.74 Å². The predicted molar refractivity (Wildman–Crippen MR) is 93.9 cm³/mol. The smallest absolute Gasteiger partial charge is 0.130 e. The second-order valence-electron chi connectivity index (χ2n) is 5.88. The molecule has 3 heterocycles. The molecule has 4 heteroatoms. The summed E-state index contributed by atoms with van der Waals surface area (Å²) < 4.78 is 5.85. The van der Waals surface area contributed by atoms with Gasteiger partial charge in [0.1, 0.15) is 12.4 Å². The van der Waals surface area contributed by atoms with Crippen LogP contribution in [0.5, 0.6) is 5.75 Å². The van der Waals surface area contributed by atoms with E-state index in [4.69, 9.17) is 9.73 Å². The van der Waals surface area contributed by atoms with E-state index in [0.717, 1.165) is 40.4 Å². The summed E-state index contributed by atoms with van der Waals surface area (Å²) in [7, 11) is 0. The molecule has 3 aromatic rings. The lowest BCUT2D eigenvalue weighted by Gasteiger charge is -2.07. The number of aromatic nitrogens is 2. The van der Waals surface area contributed by atoms with Crippen LogP contribution in [0.25, 0.3) is 0 Å². The molecule has 0 aliphatic carbocycles. The van der Waals surface area contributed by atoms with E-state index in [0.29, 0.717) is 6.61 Å². The maximum atomic E-state index is 5.85. The average Bonchev–Trinajstić information content (AvgIpc) is 3.05. The molecule has 0 saturated heterocycles. The van der Waals surface area contributed by atoms with Crippen LogP contribution in [0.4, 0.5) is 5.69 Å². The molecule has 1 aromatic carbocycles. The monoisotopic (exact) mass is 315 g/mol. The Morgan fingerprint density at radius 2 is 2.04 bits per heavy atom. The van der Waals surface area contributed by atoms with E-state index in [1.165, 1.54) is 5.56 Å². The summed E-state index contributed by atoms with van der Waals surface area (Å²) in [5.41, 5.74) is 6.38. The zero-order chi connectivity index (χ0) is 16.4. The molecular weight excluding hydrogens is 298 g/mol. The number of aliphatic imine (C=N–C) groups is 1. The molecule has 0 saturated carbocycles. The first-order valence-corrected chi connectivity index (χ1v) is 7.93. The van der Waals surface area contributed by atoms with Crippen molar-refractivity contribution in [3.05, 3.63) is 83.4 Å². The minimum atomic E-state index is 0.457. The van der Waals surface area contributed by atoms with E-state index in [1.54, 1.807) is 6.20 Å². The van der Waals surface area contributed by atoms with Gasteiger partial charge in [-0.05, 0) is 36.2 Å². The zero-order valence-corrected chi connectivity index (χ0v) is 13.4. The molecule has 0 radical (unpaired) electrons. The lowest BCUT2D eigenvalue weighted by atomic mass is 10.1. The Balaban J connectivity index is 1.50. The zero-order valence-electron chi connectivity index (χ0n) is 13.4. The lowest BCUT2D eigenvalue weighted by Crippen LogP contribution is -2.00. The number of hydrogen-bond acceptors (Lipinski definition) is 4. The van der Waals surface area contributed by atoms with Crippen LogP contribution >= 0.6 is 0 Å². The lowest BCUT2D eigenvalue weighted by molar-refractivity contribution is 0.301. The Kier molecular flexibility index (Phi) is 3.79. The molecule has 118 valence electrons. The van der Waals surface area contributed by atoms with Gasteiger partial charge < -0.3 is 4.74 Å². The minimum absolute atomic E-state index is 0.457. The third-order valence-electron chi connectivity index (χ3n) is 4.02. The SMILES string of the molecule is Cc1ccc(COc2ccc3c(c2)N=C(c2cccnc2)C3)nc1. The Bertz CT molecular complexity index is 887. The highest BCUT2D eigenvalue weighted by atomic mass is 16.5. The molecule has 4 nitrogen and oxygen atoms in total. The van der Waals surface area contributed by atoms with Gasteiger partial charge in [-0.3, -0.25) is 15.0 Å². The van der Waals surface area contributed by atoms with Gasteiger partial charge in [-0.1, -0.05) is 18.2 Å². The van der Waals surface area contributed by atoms with Gasteiger partial charge in [0.25, 0.3) is 0 Å². The molecule has 0 N–H and O–H groups in total. The fourth-order valence-corrected chi connectivity index (χ4v) is 2.69. The van der Waals surface area contributed by atoms with Crippen molar-refractivity contribution in [2.75, 3.05) is 0 Å². The molecule has 1 aliphatic heterocycles. The second-order valence-corrected chi connectivity index (χ2v) is 5.88. The molecule has 0 unspecified atom stereocenters. The van der Waals surface area contributed by atoms with Crippen LogP contribution in [0.3, 0.4) is 0 Å². The summed E-state index contributed by atoms with van der Waals surface area (Å²) in [5.74, 6) is 0.812. The first-order valence-electron chi connectivity index (χ1n) is 7.93. The van der Waals surface area contributed by atoms with E-state index >= 15 is 0 Å². The number of aryl methyl sites for hydroxylation is 1. The van der Waals surface area contributed by atoms with Crippen molar-refractivity contribution in [2.45, 2.75) is 20.0 Å². The van der Waals surface area contributed by atoms with Crippen molar-refractivity contribution in [2.24, 2.45) is 4.99 Å². The topological polar surface area (TPSA) is 47.4 Å². The predicted octanol–water partition coefficient (Wildman–Crippen LogP) is 4.04. The molecule has 0 bridgehead atoms. The normalized spacial score (nSPS) is 12.6. The van der Waals surface area contributed by atoms with Gasteiger partial charge in [-0.25, -0.2) is 0 Å². The van der Waals surface area contributed by atoms with Crippen molar-refractivity contribution in [3.63, 3.8) is 0 Å². The number of pyridine rings is 2. The quantitative estimate of drug-likeness (QED) is 0.730. The second kappa shape index (κ2) is 6.24. The minimum Gasteiger partial charge on any atom is -0.487 e. The third kappa shape index (κ3) is 3.04. The van der Waals surface area contributed by atoms with Gasteiger partial charge in [0.05, 0.1) is 17.1 Å². The van der Waals surface area contributed by atoms with E-state index in [1.807, 2.05) is 55.7 Å². The van der Waals surface area contributed by atoms with Crippen LogP contribution in [0.2, 0.25) is 0 Å². The summed E-state index contributed by atoms with van der Waals surface area (Å²) in [4.78, 5) is 13.3. The fraction of sp³-hybridized carbons (Fsp3) is 0.150. The summed E-state index contributed by atoms with van der Waals surface area (Å²) >= 11 is 0. The molecule has 24 heavy (non-hydrogen) atoms. The Morgan fingerprint density at radius 3 is 2.83 bits per heavy atom. The Morgan fingerprint density at radius 1 is 1.08 bits per heavy atom. The molecule has 0 amide bonds. The number of ether oxygens (including phenoxy) is 1. The van der Waals surface area contributed by atoms with Crippen molar-refractivity contribution in [3.8, 4) is 5.75 Å². The van der Waals surface area contributed by atoms with Gasteiger partial charge in [0.15, 0.2) is 0 Å². The van der Waals surface area contributed by atoms with Crippen molar-refractivity contribution in [1.29, 1.82) is 0 Å². The Labute approximate surface area is 140 Å². The van der Waals surface area contributed by atoms with Crippen molar-refractivity contribution in [1.82, 2.24) is 9.97 Å². The van der Waals surface area contributed by atoms with E-state index < -0.39 is 0 Å². The van der Waals surface area contributed by atoms with Gasteiger partial charge in [-0.2, -0.15) is 0 Å². The van der Waals surface area contributed by atoms with Crippen molar-refractivity contribution >= 4 is 11.4 Å². The standard InChI is InChI=1S/C20H17N3O/c1-14-4-6-17(22-11-14)13-24-18-7-5-15-9-19(23-20(15)10-18)16-3-2-8-21-12-16/h2-8,10-12H,9,13H2,1H3. The molecule has 0 spiro atoms. The number of hydrogen-bond donors (Lipinski definition) is 0. The van der Waals surface area contributed by atoms with Gasteiger partial charge in [0, 0.05) is 36.6 Å². The van der Waals surface area contributed by atoms with Crippen LogP contribution in [0.15, 0.2) is 66.0 Å². The fourth-order valence-electron chi connectivity index (χ4n) is 2.69. The molecule has 2 aromatic heterocycles. The largest absolute Gasteiger partial charge is 0.487 e. The van der Waals surface area contributed by atoms with Crippen LogP contribution < -0.4 is 4.74 Å².